The van der Waals surface area contributed by atoms with E-state index in [0.29, 0.717) is 28.5 Å². The van der Waals surface area contributed by atoms with Crippen molar-refractivity contribution in [2.45, 2.75) is 51.2 Å². The summed E-state index contributed by atoms with van der Waals surface area (Å²) in [7, 11) is 0. The second-order valence-electron chi connectivity index (χ2n) is 9.53. The van der Waals surface area contributed by atoms with E-state index in [1.165, 1.54) is 16.8 Å². The van der Waals surface area contributed by atoms with Crippen molar-refractivity contribution < 1.29 is 9.53 Å². The number of amides is 1. The van der Waals surface area contributed by atoms with Crippen LogP contribution in [0.15, 0.2) is 30.3 Å². The van der Waals surface area contributed by atoms with Crippen LogP contribution in [0.2, 0.25) is 10.0 Å². The third kappa shape index (κ3) is 3.34. The molecule has 1 saturated heterocycles. The van der Waals surface area contributed by atoms with E-state index in [-0.39, 0.29) is 6.09 Å². The van der Waals surface area contributed by atoms with Gasteiger partial charge in [0, 0.05) is 52.9 Å². The van der Waals surface area contributed by atoms with E-state index in [1.54, 1.807) is 0 Å². The first-order valence-corrected chi connectivity index (χ1v) is 11.3. The van der Waals surface area contributed by atoms with E-state index in [9.17, 15) is 4.79 Å². The quantitative estimate of drug-likeness (QED) is 0.530. The number of ether oxygens (including phenoxy) is 1. The Morgan fingerprint density at radius 2 is 1.93 bits per heavy atom. The second-order valence-corrected chi connectivity index (χ2v) is 10.4. The van der Waals surface area contributed by atoms with Crippen molar-refractivity contribution in [3.8, 4) is 11.1 Å². The molecule has 2 aromatic rings. The number of hydrogen-bond acceptors (Lipinski definition) is 3. The number of halogens is 2. The average molecular weight is 445 g/mol. The molecule has 0 aromatic heterocycles. The predicted molar refractivity (Wildman–Crippen MR) is 122 cm³/mol. The molecule has 2 aromatic carbocycles. The minimum absolute atomic E-state index is 0.215. The number of likely N-dealkylation sites (tertiary alicyclic amines) is 1. The number of carbonyl (C=O) groups is 1. The number of nitrogens with zero attached hydrogens (tertiary/aromatic N) is 2. The van der Waals surface area contributed by atoms with Crippen LogP contribution in [0.5, 0.6) is 0 Å². The monoisotopic (exact) mass is 444 g/mol. The Bertz CT molecular complexity index is 1030. The summed E-state index contributed by atoms with van der Waals surface area (Å²) in [6, 6.07) is 10.6. The number of benzene rings is 2. The van der Waals surface area contributed by atoms with E-state index in [0.717, 1.165) is 37.1 Å². The first-order chi connectivity index (χ1) is 14.2. The largest absolute Gasteiger partial charge is 0.444 e. The van der Waals surface area contributed by atoms with Crippen molar-refractivity contribution in [2.24, 2.45) is 0 Å². The highest BCUT2D eigenvalue weighted by molar-refractivity contribution is 6.35. The van der Waals surface area contributed by atoms with Crippen molar-refractivity contribution in [2.75, 3.05) is 24.5 Å². The van der Waals surface area contributed by atoms with Gasteiger partial charge in [0.05, 0.1) is 0 Å². The Hall–Kier alpha value is -1.91. The third-order valence-corrected chi connectivity index (χ3v) is 6.96. The molecule has 6 heteroatoms. The topological polar surface area (TPSA) is 32.8 Å². The molecule has 5 rings (SSSR count). The van der Waals surface area contributed by atoms with Crippen LogP contribution in [-0.4, -0.2) is 42.3 Å². The van der Waals surface area contributed by atoms with Gasteiger partial charge in [0.2, 0.25) is 0 Å². The van der Waals surface area contributed by atoms with Crippen molar-refractivity contribution in [3.05, 3.63) is 51.5 Å². The number of piperidine rings is 1. The highest BCUT2D eigenvalue weighted by Crippen LogP contribution is 2.51. The molecule has 0 unspecified atom stereocenters. The van der Waals surface area contributed by atoms with E-state index in [4.69, 9.17) is 27.9 Å². The van der Waals surface area contributed by atoms with Gasteiger partial charge < -0.3 is 14.5 Å². The molecule has 0 bridgehead atoms. The van der Waals surface area contributed by atoms with Crippen LogP contribution in [0.3, 0.4) is 0 Å². The Labute approximate surface area is 187 Å². The summed E-state index contributed by atoms with van der Waals surface area (Å²) in [6.07, 6.45) is 1.80. The number of rotatable bonds is 1. The molecule has 0 radical (unpaired) electrons. The van der Waals surface area contributed by atoms with Gasteiger partial charge in [0.25, 0.3) is 0 Å². The van der Waals surface area contributed by atoms with Crippen LogP contribution < -0.4 is 4.90 Å². The summed E-state index contributed by atoms with van der Waals surface area (Å²) in [6.45, 7) is 8.21. The van der Waals surface area contributed by atoms with Crippen LogP contribution in [0, 0.1) is 0 Å². The van der Waals surface area contributed by atoms with Gasteiger partial charge in [-0.3, -0.25) is 0 Å². The zero-order chi connectivity index (χ0) is 21.2. The predicted octanol–water partition coefficient (Wildman–Crippen LogP) is 6.13. The molecule has 0 saturated carbocycles. The molecular weight excluding hydrogens is 419 g/mol. The van der Waals surface area contributed by atoms with Gasteiger partial charge in [-0.25, -0.2) is 4.79 Å². The molecule has 0 spiro atoms. The van der Waals surface area contributed by atoms with Crippen molar-refractivity contribution >= 4 is 35.0 Å². The Kier molecular flexibility index (Phi) is 4.71. The molecule has 30 heavy (non-hydrogen) atoms. The Morgan fingerprint density at radius 1 is 1.13 bits per heavy atom. The highest BCUT2D eigenvalue weighted by Gasteiger charge is 2.46. The van der Waals surface area contributed by atoms with Gasteiger partial charge >= 0.3 is 6.09 Å². The number of carbonyl (C=O) groups excluding carboxylic acids is 1. The summed E-state index contributed by atoms with van der Waals surface area (Å²) in [5, 5.41) is 1.38. The zero-order valence-electron chi connectivity index (χ0n) is 17.5. The fourth-order valence-corrected chi connectivity index (χ4v) is 5.61. The average Bonchev–Trinajstić information content (AvgIpc) is 3.24. The summed E-state index contributed by atoms with van der Waals surface area (Å²) in [5.41, 5.74) is 5.66. The van der Waals surface area contributed by atoms with Gasteiger partial charge in [-0.1, -0.05) is 23.2 Å². The van der Waals surface area contributed by atoms with Gasteiger partial charge in [-0.05, 0) is 80.6 Å². The summed E-state index contributed by atoms with van der Waals surface area (Å²) >= 11 is 12.8. The number of anilines is 1. The molecule has 3 aliphatic rings. The maximum atomic E-state index is 12.7. The second kappa shape index (κ2) is 7.06. The van der Waals surface area contributed by atoms with Crippen LogP contribution in [-0.2, 0) is 11.2 Å². The third-order valence-electron chi connectivity index (χ3n) is 6.39. The lowest BCUT2D eigenvalue weighted by Crippen LogP contribution is -2.49. The standard InChI is InChI=1S/C24H26Cl2N2O2/c1-24(2,3)30-23(29)27-8-7-21-19(13-27)18-11-15(10-14-6-9-28(21)22(14)18)17-12-16(25)4-5-20(17)26/h4-5,10-12,19,21H,6-9,13H2,1-3H3/t19-,21-/m1/s1. The van der Waals surface area contributed by atoms with E-state index in [1.807, 2.05) is 43.9 Å². The van der Waals surface area contributed by atoms with Crippen LogP contribution in [0.1, 0.15) is 44.2 Å². The molecule has 3 aliphatic heterocycles. The van der Waals surface area contributed by atoms with Crippen LogP contribution in [0.25, 0.3) is 11.1 Å². The first-order valence-electron chi connectivity index (χ1n) is 10.6. The molecule has 3 heterocycles. The van der Waals surface area contributed by atoms with Crippen molar-refractivity contribution in [3.63, 3.8) is 0 Å². The summed E-state index contributed by atoms with van der Waals surface area (Å²) in [5.74, 6) is 0.290. The summed E-state index contributed by atoms with van der Waals surface area (Å²) < 4.78 is 5.64. The molecular formula is C24H26Cl2N2O2. The zero-order valence-corrected chi connectivity index (χ0v) is 19.1. The highest BCUT2D eigenvalue weighted by atomic mass is 35.5. The lowest BCUT2D eigenvalue weighted by molar-refractivity contribution is 0.0189. The van der Waals surface area contributed by atoms with E-state index in [2.05, 4.69) is 17.0 Å². The van der Waals surface area contributed by atoms with Gasteiger partial charge in [0.1, 0.15) is 5.60 Å². The number of fused-ring (bicyclic) bond motifs is 3. The van der Waals surface area contributed by atoms with Gasteiger partial charge in [0.15, 0.2) is 0 Å². The maximum Gasteiger partial charge on any atom is 0.410 e. The lowest BCUT2D eigenvalue weighted by Gasteiger charge is -2.38. The molecule has 158 valence electrons. The Balaban J connectivity index is 1.51. The number of hydrogen-bond donors (Lipinski definition) is 0. The Morgan fingerprint density at radius 3 is 2.70 bits per heavy atom. The minimum Gasteiger partial charge on any atom is -0.444 e. The molecule has 1 fully saturated rings. The van der Waals surface area contributed by atoms with Gasteiger partial charge in [-0.2, -0.15) is 0 Å². The molecule has 2 atom stereocenters. The van der Waals surface area contributed by atoms with E-state index < -0.39 is 5.60 Å². The fourth-order valence-electron chi connectivity index (χ4n) is 5.21. The van der Waals surface area contributed by atoms with Crippen molar-refractivity contribution in [1.82, 2.24) is 4.90 Å². The SMILES string of the molecule is CC(C)(C)OC(=O)N1CC[C@@H]2[C@H](C1)c1cc(-c3cc(Cl)ccc3Cl)cc3c1N2CC3. The van der Waals surface area contributed by atoms with Crippen molar-refractivity contribution in [1.29, 1.82) is 0 Å². The van der Waals surface area contributed by atoms with Crippen LogP contribution >= 0.6 is 23.2 Å². The lowest BCUT2D eigenvalue weighted by atomic mass is 9.86. The first kappa shape index (κ1) is 20.0. The summed E-state index contributed by atoms with van der Waals surface area (Å²) in [4.78, 5) is 17.1. The molecule has 1 amide bonds. The normalized spacial score (nSPS) is 22.2. The smallest absolute Gasteiger partial charge is 0.410 e. The van der Waals surface area contributed by atoms with Crippen LogP contribution in [0.4, 0.5) is 10.5 Å². The maximum absolute atomic E-state index is 12.7. The molecule has 0 N–H and O–H groups in total. The molecule has 4 nitrogen and oxygen atoms in total. The van der Waals surface area contributed by atoms with E-state index >= 15 is 0 Å². The van der Waals surface area contributed by atoms with Gasteiger partial charge in [-0.15, -0.1) is 0 Å². The minimum atomic E-state index is -0.483. The molecule has 0 aliphatic carbocycles. The fraction of sp³-hybridized carbons (Fsp3) is 0.458.